The van der Waals surface area contributed by atoms with Gasteiger partial charge in [-0.15, -0.1) is 11.8 Å². The SMILES string of the molecule is CCCc1cc(N)c2cc(NC(=O)/C=C/c3ccc(SC)cc3)ccc2n1. The highest BCUT2D eigenvalue weighted by Crippen LogP contribution is 2.25. The minimum absolute atomic E-state index is 0.183. The number of nitrogens with two attached hydrogens (primary N) is 1. The first kappa shape index (κ1) is 19.0. The number of fused-ring (bicyclic) bond motifs is 1. The predicted molar refractivity (Wildman–Crippen MR) is 116 cm³/mol. The molecule has 0 spiro atoms. The van der Waals surface area contributed by atoms with Gasteiger partial charge in [-0.1, -0.05) is 25.5 Å². The Morgan fingerprint density at radius 3 is 2.67 bits per heavy atom. The summed E-state index contributed by atoms with van der Waals surface area (Å²) in [5, 5.41) is 3.73. The summed E-state index contributed by atoms with van der Waals surface area (Å²) in [5.74, 6) is -0.183. The van der Waals surface area contributed by atoms with Crippen molar-refractivity contribution in [2.24, 2.45) is 0 Å². The van der Waals surface area contributed by atoms with E-state index in [4.69, 9.17) is 5.73 Å². The van der Waals surface area contributed by atoms with Crippen LogP contribution in [0.3, 0.4) is 0 Å². The number of carbonyl (C=O) groups excluding carboxylic acids is 1. The number of nitrogens with one attached hydrogen (secondary N) is 1. The van der Waals surface area contributed by atoms with Crippen LogP contribution in [0, 0.1) is 0 Å². The van der Waals surface area contributed by atoms with Gasteiger partial charge >= 0.3 is 0 Å². The van der Waals surface area contributed by atoms with Crippen LogP contribution in [0.4, 0.5) is 11.4 Å². The van der Waals surface area contributed by atoms with Gasteiger partial charge in [0.25, 0.3) is 0 Å². The van der Waals surface area contributed by atoms with E-state index in [1.165, 1.54) is 11.0 Å². The van der Waals surface area contributed by atoms with Crippen LogP contribution < -0.4 is 11.1 Å². The fourth-order valence-electron chi connectivity index (χ4n) is 2.84. The molecule has 0 aliphatic heterocycles. The lowest BCUT2D eigenvalue weighted by atomic mass is 10.1. The Morgan fingerprint density at radius 1 is 1.19 bits per heavy atom. The average molecular weight is 378 g/mol. The maximum atomic E-state index is 12.2. The molecule has 27 heavy (non-hydrogen) atoms. The highest BCUT2D eigenvalue weighted by atomic mass is 32.2. The minimum atomic E-state index is -0.183. The van der Waals surface area contributed by atoms with E-state index in [1.807, 2.05) is 54.8 Å². The van der Waals surface area contributed by atoms with E-state index in [1.54, 1.807) is 17.8 Å². The van der Waals surface area contributed by atoms with Crippen molar-refractivity contribution in [2.75, 3.05) is 17.3 Å². The summed E-state index contributed by atoms with van der Waals surface area (Å²) in [6.07, 6.45) is 7.30. The number of amides is 1. The minimum Gasteiger partial charge on any atom is -0.398 e. The van der Waals surface area contributed by atoms with Crippen molar-refractivity contribution in [1.82, 2.24) is 4.98 Å². The number of pyridine rings is 1. The van der Waals surface area contributed by atoms with Crippen molar-refractivity contribution in [3.8, 4) is 0 Å². The van der Waals surface area contributed by atoms with E-state index in [2.05, 4.69) is 17.2 Å². The maximum absolute atomic E-state index is 12.2. The lowest BCUT2D eigenvalue weighted by Gasteiger charge is -2.08. The fraction of sp³-hybridized carbons (Fsp3) is 0.182. The van der Waals surface area contributed by atoms with Crippen molar-refractivity contribution in [2.45, 2.75) is 24.7 Å². The van der Waals surface area contributed by atoms with E-state index >= 15 is 0 Å². The van der Waals surface area contributed by atoms with E-state index < -0.39 is 0 Å². The molecule has 1 aromatic heterocycles. The normalized spacial score (nSPS) is 11.2. The molecule has 3 rings (SSSR count). The van der Waals surface area contributed by atoms with Gasteiger partial charge in [0.05, 0.1) is 5.52 Å². The Morgan fingerprint density at radius 2 is 1.96 bits per heavy atom. The van der Waals surface area contributed by atoms with Crippen LogP contribution in [0.15, 0.2) is 59.5 Å². The Kier molecular flexibility index (Phi) is 6.14. The molecule has 0 fully saturated rings. The van der Waals surface area contributed by atoms with Gasteiger partial charge in [-0.25, -0.2) is 0 Å². The highest BCUT2D eigenvalue weighted by Gasteiger charge is 2.06. The lowest BCUT2D eigenvalue weighted by molar-refractivity contribution is -0.111. The van der Waals surface area contributed by atoms with Gasteiger partial charge in [0.2, 0.25) is 5.91 Å². The maximum Gasteiger partial charge on any atom is 0.248 e. The smallest absolute Gasteiger partial charge is 0.248 e. The molecule has 3 aromatic rings. The molecule has 0 atom stereocenters. The first-order valence-electron chi connectivity index (χ1n) is 8.91. The summed E-state index contributed by atoms with van der Waals surface area (Å²) in [5.41, 5.74) is 10.4. The number of nitrogen functional groups attached to an aromatic ring is 1. The summed E-state index contributed by atoms with van der Waals surface area (Å²) >= 11 is 1.69. The number of carbonyl (C=O) groups is 1. The zero-order chi connectivity index (χ0) is 19.2. The number of aryl methyl sites for hydroxylation is 1. The molecule has 4 nitrogen and oxygen atoms in total. The van der Waals surface area contributed by atoms with Gasteiger partial charge in [-0.3, -0.25) is 9.78 Å². The van der Waals surface area contributed by atoms with Crippen LogP contribution >= 0.6 is 11.8 Å². The molecule has 0 radical (unpaired) electrons. The standard InChI is InChI=1S/C22H23N3OS/c1-3-4-16-14-20(23)19-13-17(8-11-21(19)24-16)25-22(26)12-7-15-5-9-18(27-2)10-6-15/h5-14H,3-4H2,1-2H3,(H2,23,24)(H,25,26)/b12-7+. The fourth-order valence-corrected chi connectivity index (χ4v) is 3.25. The Labute approximate surface area is 163 Å². The van der Waals surface area contributed by atoms with Gasteiger partial charge in [0, 0.05) is 33.4 Å². The van der Waals surface area contributed by atoms with Gasteiger partial charge in [0.1, 0.15) is 0 Å². The van der Waals surface area contributed by atoms with Crippen molar-refractivity contribution >= 4 is 46.0 Å². The van der Waals surface area contributed by atoms with Crippen LogP contribution in [0.1, 0.15) is 24.6 Å². The molecule has 1 amide bonds. The molecule has 0 saturated heterocycles. The third-order valence-corrected chi connectivity index (χ3v) is 4.95. The highest BCUT2D eigenvalue weighted by molar-refractivity contribution is 7.98. The molecule has 5 heteroatoms. The monoisotopic (exact) mass is 377 g/mol. The Bertz CT molecular complexity index is 981. The zero-order valence-electron chi connectivity index (χ0n) is 15.5. The van der Waals surface area contributed by atoms with Crippen molar-refractivity contribution in [3.05, 3.63) is 65.9 Å². The third-order valence-electron chi connectivity index (χ3n) is 4.21. The number of thioether (sulfide) groups is 1. The quantitative estimate of drug-likeness (QED) is 0.461. The Hall–Kier alpha value is -2.79. The first-order valence-corrected chi connectivity index (χ1v) is 10.1. The summed E-state index contributed by atoms with van der Waals surface area (Å²) < 4.78 is 0. The van der Waals surface area contributed by atoms with Crippen LogP contribution in [0.5, 0.6) is 0 Å². The summed E-state index contributed by atoms with van der Waals surface area (Å²) in [7, 11) is 0. The van der Waals surface area contributed by atoms with E-state index in [9.17, 15) is 4.79 Å². The second kappa shape index (κ2) is 8.73. The number of nitrogens with zero attached hydrogens (tertiary/aromatic N) is 1. The zero-order valence-corrected chi connectivity index (χ0v) is 16.3. The predicted octanol–water partition coefficient (Wildman–Crippen LogP) is 5.14. The molecule has 3 N–H and O–H groups in total. The van der Waals surface area contributed by atoms with Crippen LogP contribution in [-0.2, 0) is 11.2 Å². The summed E-state index contributed by atoms with van der Waals surface area (Å²) in [4.78, 5) is 18.0. The molecule has 2 aromatic carbocycles. The van der Waals surface area contributed by atoms with Crippen molar-refractivity contribution in [3.63, 3.8) is 0 Å². The second-order valence-corrected chi connectivity index (χ2v) is 7.16. The number of hydrogen-bond donors (Lipinski definition) is 2. The topological polar surface area (TPSA) is 68.0 Å². The van der Waals surface area contributed by atoms with Gasteiger partial charge in [-0.2, -0.15) is 0 Å². The molecular formula is C22H23N3OS. The van der Waals surface area contributed by atoms with E-state index in [-0.39, 0.29) is 5.91 Å². The third kappa shape index (κ3) is 4.89. The molecule has 0 bridgehead atoms. The molecule has 1 heterocycles. The second-order valence-electron chi connectivity index (χ2n) is 6.28. The molecule has 0 saturated carbocycles. The average Bonchev–Trinajstić information content (AvgIpc) is 2.67. The largest absolute Gasteiger partial charge is 0.398 e. The van der Waals surface area contributed by atoms with Gasteiger partial charge < -0.3 is 11.1 Å². The van der Waals surface area contributed by atoms with E-state index in [0.29, 0.717) is 11.4 Å². The lowest BCUT2D eigenvalue weighted by Crippen LogP contribution is -2.08. The Balaban J connectivity index is 1.73. The van der Waals surface area contributed by atoms with Crippen LogP contribution in [0.25, 0.3) is 17.0 Å². The molecule has 0 aliphatic rings. The van der Waals surface area contributed by atoms with Crippen LogP contribution in [0.2, 0.25) is 0 Å². The van der Waals surface area contributed by atoms with Crippen molar-refractivity contribution in [1.29, 1.82) is 0 Å². The first-order chi connectivity index (χ1) is 13.1. The van der Waals surface area contributed by atoms with Crippen molar-refractivity contribution < 1.29 is 4.79 Å². The van der Waals surface area contributed by atoms with E-state index in [0.717, 1.165) is 35.0 Å². The number of rotatable bonds is 6. The molecular weight excluding hydrogens is 354 g/mol. The number of hydrogen-bond acceptors (Lipinski definition) is 4. The molecule has 138 valence electrons. The molecule has 0 aliphatic carbocycles. The molecule has 0 unspecified atom stereocenters. The number of benzene rings is 2. The summed E-state index contributed by atoms with van der Waals surface area (Å²) in [6.45, 7) is 2.12. The summed E-state index contributed by atoms with van der Waals surface area (Å²) in [6, 6.07) is 15.6. The number of aromatic nitrogens is 1. The van der Waals surface area contributed by atoms with Gasteiger partial charge in [-0.05, 0) is 60.7 Å². The number of anilines is 2. The van der Waals surface area contributed by atoms with Gasteiger partial charge in [0.15, 0.2) is 0 Å². The van der Waals surface area contributed by atoms with Crippen LogP contribution in [-0.4, -0.2) is 17.1 Å².